The lowest BCUT2D eigenvalue weighted by Gasteiger charge is -2.16. The van der Waals surface area contributed by atoms with Crippen LogP contribution in [0.3, 0.4) is 0 Å². The van der Waals surface area contributed by atoms with Crippen molar-refractivity contribution in [3.05, 3.63) is 65.1 Å². The second-order valence-corrected chi connectivity index (χ2v) is 11.3. The van der Waals surface area contributed by atoms with Crippen LogP contribution < -0.4 is 34.0 Å². The minimum atomic E-state index is -0.539. The second kappa shape index (κ2) is 12.9. The topological polar surface area (TPSA) is 133 Å². The summed E-state index contributed by atoms with van der Waals surface area (Å²) in [5, 5.41) is 2.62. The molecule has 0 amide bonds. The summed E-state index contributed by atoms with van der Waals surface area (Å²) >= 11 is 0. The molecule has 3 aromatic heterocycles. The zero-order valence-electron chi connectivity index (χ0n) is 28.1. The maximum absolute atomic E-state index is 14.7. The highest BCUT2D eigenvalue weighted by Gasteiger charge is 2.26. The maximum Gasteiger partial charge on any atom is 0.308 e. The van der Waals surface area contributed by atoms with E-state index in [1.807, 2.05) is 23.5 Å². The van der Waals surface area contributed by atoms with Crippen molar-refractivity contribution in [3.8, 4) is 45.6 Å². The fourth-order valence-electron chi connectivity index (χ4n) is 6.34. The van der Waals surface area contributed by atoms with Crippen molar-refractivity contribution in [2.45, 2.75) is 40.7 Å². The largest absolute Gasteiger partial charge is 0.493 e. The molecule has 49 heavy (non-hydrogen) atoms. The van der Waals surface area contributed by atoms with Gasteiger partial charge in [0.25, 0.3) is 5.56 Å². The predicted octanol–water partition coefficient (Wildman–Crippen LogP) is 6.44. The van der Waals surface area contributed by atoms with E-state index in [4.69, 9.17) is 28.4 Å². The zero-order chi connectivity index (χ0) is 35.1. The fraction of sp³-hybridized carbons (Fsp3) is 0.243. The Morgan fingerprint density at radius 2 is 1.22 bits per heavy atom. The quantitative estimate of drug-likeness (QED) is 0.125. The van der Waals surface area contributed by atoms with Gasteiger partial charge in [0.05, 0.1) is 32.4 Å². The third kappa shape index (κ3) is 5.64. The van der Waals surface area contributed by atoms with Crippen LogP contribution in [-0.4, -0.2) is 48.2 Å². The first-order valence-electron chi connectivity index (χ1n) is 15.5. The van der Waals surface area contributed by atoms with Gasteiger partial charge < -0.3 is 37.4 Å². The number of nitrogens with zero attached hydrogens (tertiary/aromatic N) is 2. The summed E-state index contributed by atoms with van der Waals surface area (Å²) in [7, 11) is 4.42. The highest BCUT2D eigenvalue weighted by Crippen LogP contribution is 2.46. The molecule has 0 unspecified atom stereocenters. The lowest BCUT2D eigenvalue weighted by atomic mass is 9.97. The van der Waals surface area contributed by atoms with E-state index < -0.39 is 17.9 Å². The Hall–Kier alpha value is -6.04. The molecule has 0 aliphatic rings. The van der Waals surface area contributed by atoms with Gasteiger partial charge in [-0.05, 0) is 53.8 Å². The van der Waals surface area contributed by atoms with Crippen LogP contribution in [0.4, 0.5) is 0 Å². The Morgan fingerprint density at radius 3 is 1.80 bits per heavy atom. The normalized spacial score (nSPS) is 11.2. The number of hydrogen-bond donors (Lipinski definition) is 0. The first-order valence-corrected chi connectivity index (χ1v) is 15.5. The van der Waals surface area contributed by atoms with Gasteiger partial charge in [0.1, 0.15) is 5.52 Å². The van der Waals surface area contributed by atoms with Gasteiger partial charge in [-0.25, -0.2) is 0 Å². The van der Waals surface area contributed by atoms with Gasteiger partial charge >= 0.3 is 17.9 Å². The van der Waals surface area contributed by atoms with Crippen molar-refractivity contribution in [3.63, 3.8) is 0 Å². The summed E-state index contributed by atoms with van der Waals surface area (Å²) in [5.41, 5.74) is 2.50. The zero-order valence-corrected chi connectivity index (χ0v) is 28.1. The number of esters is 3. The number of aromatic nitrogens is 2. The third-order valence-corrected chi connectivity index (χ3v) is 8.15. The summed E-state index contributed by atoms with van der Waals surface area (Å²) in [4.78, 5) is 50.8. The Morgan fingerprint density at radius 1 is 0.653 bits per heavy atom. The van der Waals surface area contributed by atoms with E-state index in [-0.39, 0.29) is 22.8 Å². The molecule has 12 nitrogen and oxygen atoms in total. The standard InChI is InChI=1S/C37H34N2O10/c1-8-12-38-26-18-32(49-21(4)42)29(46-7)17-25(26)34-33(23-9-10-27(44-5)30(15-23)47-19(2)40)35-24-16-28(45-6)31(48-20(3)41)14-22(24)11-13-39(35)36(34)37(38)43/h9-11,13-18H,8,12H2,1-7H3. The number of benzene rings is 3. The molecule has 0 spiro atoms. The molecule has 0 radical (unpaired) electrons. The predicted molar refractivity (Wildman–Crippen MR) is 183 cm³/mol. The first kappa shape index (κ1) is 32.9. The highest BCUT2D eigenvalue weighted by atomic mass is 16.6. The Bertz CT molecular complexity index is 2400. The van der Waals surface area contributed by atoms with Gasteiger partial charge in [0.15, 0.2) is 34.5 Å². The van der Waals surface area contributed by atoms with Crippen LogP contribution in [0.5, 0.6) is 34.5 Å². The van der Waals surface area contributed by atoms with E-state index in [9.17, 15) is 19.2 Å². The lowest BCUT2D eigenvalue weighted by Crippen LogP contribution is -2.22. The number of carbonyl (C=O) groups excluding carboxylic acids is 3. The van der Waals surface area contributed by atoms with Crippen molar-refractivity contribution in [1.82, 2.24) is 8.97 Å². The average molecular weight is 667 g/mol. The van der Waals surface area contributed by atoms with Crippen molar-refractivity contribution >= 4 is 56.0 Å². The molecule has 0 fully saturated rings. The van der Waals surface area contributed by atoms with Gasteiger partial charge in [-0.15, -0.1) is 0 Å². The third-order valence-electron chi connectivity index (χ3n) is 8.15. The SMILES string of the molecule is CCCn1c(=O)c2c(c(-c3ccc(OC)c(OC(C)=O)c3)c3c4cc(OC)c(OC(C)=O)cc4ccn32)c2cc(OC)c(OC(C)=O)cc21. The van der Waals surface area contributed by atoms with Crippen molar-refractivity contribution in [2.75, 3.05) is 21.3 Å². The number of pyridine rings is 2. The van der Waals surface area contributed by atoms with Crippen molar-refractivity contribution < 1.29 is 42.8 Å². The average Bonchev–Trinajstić information content (AvgIpc) is 3.41. The number of fused-ring (bicyclic) bond motifs is 7. The van der Waals surface area contributed by atoms with E-state index in [2.05, 4.69) is 0 Å². The summed E-state index contributed by atoms with van der Waals surface area (Å²) < 4.78 is 36.8. The highest BCUT2D eigenvalue weighted by molar-refractivity contribution is 6.22. The van der Waals surface area contributed by atoms with Crippen LogP contribution in [0, 0.1) is 0 Å². The van der Waals surface area contributed by atoms with Crippen LogP contribution in [-0.2, 0) is 20.9 Å². The van der Waals surface area contributed by atoms with Crippen LogP contribution in [0.25, 0.3) is 49.2 Å². The molecule has 0 aliphatic heterocycles. The number of carbonyl (C=O) groups is 3. The van der Waals surface area contributed by atoms with Crippen LogP contribution in [0.2, 0.25) is 0 Å². The minimum absolute atomic E-state index is 0.172. The van der Waals surface area contributed by atoms with Gasteiger partial charge in [-0.2, -0.15) is 0 Å². The molecule has 0 atom stereocenters. The van der Waals surface area contributed by atoms with E-state index in [1.54, 1.807) is 47.2 Å². The van der Waals surface area contributed by atoms with Gasteiger partial charge in [0.2, 0.25) is 0 Å². The van der Waals surface area contributed by atoms with Crippen LogP contribution in [0.15, 0.2) is 59.5 Å². The number of methoxy groups -OCH3 is 3. The molecule has 6 aromatic rings. The van der Waals surface area contributed by atoms with Crippen molar-refractivity contribution in [2.24, 2.45) is 0 Å². The Balaban J connectivity index is 1.89. The second-order valence-electron chi connectivity index (χ2n) is 11.3. The Labute approximate surface area is 280 Å². The fourth-order valence-corrected chi connectivity index (χ4v) is 6.34. The molecule has 0 saturated heterocycles. The molecule has 3 heterocycles. The molecule has 0 bridgehead atoms. The first-order chi connectivity index (χ1) is 23.5. The maximum atomic E-state index is 14.7. The summed E-state index contributed by atoms with van der Waals surface area (Å²) in [6.45, 7) is 6.25. The van der Waals surface area contributed by atoms with E-state index in [1.165, 1.54) is 42.1 Å². The lowest BCUT2D eigenvalue weighted by molar-refractivity contribution is -0.132. The molecule has 6 rings (SSSR count). The molecule has 0 N–H and O–H groups in total. The molecule has 0 saturated carbocycles. The molecular formula is C37H34N2O10. The number of ether oxygens (including phenoxy) is 6. The summed E-state index contributed by atoms with van der Waals surface area (Å²) in [6.07, 6.45) is 2.44. The number of hydrogen-bond acceptors (Lipinski definition) is 10. The Kier molecular flexibility index (Phi) is 8.64. The molecule has 3 aromatic carbocycles. The number of aryl methyl sites for hydroxylation is 1. The van der Waals surface area contributed by atoms with Crippen LogP contribution in [0.1, 0.15) is 34.1 Å². The molecule has 252 valence electrons. The minimum Gasteiger partial charge on any atom is -0.493 e. The van der Waals surface area contributed by atoms with Gasteiger partial charge in [-0.1, -0.05) is 13.0 Å². The van der Waals surface area contributed by atoms with Crippen LogP contribution >= 0.6 is 0 Å². The summed E-state index contributed by atoms with van der Waals surface area (Å²) in [5.74, 6) is -0.0394. The smallest absolute Gasteiger partial charge is 0.308 e. The summed E-state index contributed by atoms with van der Waals surface area (Å²) in [6, 6.07) is 13.9. The van der Waals surface area contributed by atoms with E-state index >= 15 is 0 Å². The molecular weight excluding hydrogens is 632 g/mol. The van der Waals surface area contributed by atoms with Gasteiger partial charge in [0, 0.05) is 61.3 Å². The molecule has 12 heteroatoms. The monoisotopic (exact) mass is 666 g/mol. The number of rotatable bonds is 9. The van der Waals surface area contributed by atoms with E-state index in [0.29, 0.717) is 79.4 Å². The van der Waals surface area contributed by atoms with Gasteiger partial charge in [-0.3, -0.25) is 19.2 Å². The van der Waals surface area contributed by atoms with E-state index in [0.717, 1.165) is 0 Å². The molecule has 0 aliphatic carbocycles. The van der Waals surface area contributed by atoms with Crippen molar-refractivity contribution in [1.29, 1.82) is 0 Å².